The lowest BCUT2D eigenvalue weighted by molar-refractivity contribution is 0.111. The van der Waals surface area contributed by atoms with Crippen LogP contribution in [0, 0.1) is 0 Å². The summed E-state index contributed by atoms with van der Waals surface area (Å²) in [6.45, 7) is 0.436. The van der Waals surface area contributed by atoms with Crippen LogP contribution in [0.5, 0.6) is 5.75 Å². The number of hydrogen-bond donors (Lipinski definition) is 0. The summed E-state index contributed by atoms with van der Waals surface area (Å²) in [6.07, 6.45) is 0.802. The van der Waals surface area contributed by atoms with E-state index in [1.54, 1.807) is 12.1 Å². The van der Waals surface area contributed by atoms with Crippen LogP contribution in [0.1, 0.15) is 15.9 Å². The third kappa shape index (κ3) is 3.61. The van der Waals surface area contributed by atoms with Gasteiger partial charge >= 0.3 is 0 Å². The van der Waals surface area contributed by atoms with Crippen molar-refractivity contribution in [2.24, 2.45) is 0 Å². The van der Waals surface area contributed by atoms with E-state index in [1.165, 1.54) is 0 Å². The van der Waals surface area contributed by atoms with Gasteiger partial charge in [-0.05, 0) is 35.9 Å². The van der Waals surface area contributed by atoms with Crippen LogP contribution in [0.4, 0.5) is 5.69 Å². The predicted molar refractivity (Wildman–Crippen MR) is 84.6 cm³/mol. The quantitative estimate of drug-likeness (QED) is 0.777. The molecule has 4 heteroatoms. The highest BCUT2D eigenvalue weighted by atomic mass is 79.9. The highest BCUT2D eigenvalue weighted by molar-refractivity contribution is 9.10. The lowest BCUT2D eigenvalue weighted by Gasteiger charge is -2.13. The summed E-state index contributed by atoms with van der Waals surface area (Å²) in [7, 11) is 4.01. The minimum atomic E-state index is 0.436. The van der Waals surface area contributed by atoms with Gasteiger partial charge in [-0.3, -0.25) is 4.79 Å². The molecule has 0 saturated heterocycles. The fourth-order valence-electron chi connectivity index (χ4n) is 1.78. The van der Waals surface area contributed by atoms with Crippen molar-refractivity contribution in [1.29, 1.82) is 0 Å². The largest absolute Gasteiger partial charge is 0.488 e. The summed E-state index contributed by atoms with van der Waals surface area (Å²) in [5.74, 6) is 0.589. The predicted octanol–water partition coefficient (Wildman–Crippen LogP) is 3.91. The third-order valence-electron chi connectivity index (χ3n) is 2.95. The first-order valence-corrected chi connectivity index (χ1v) is 7.03. The molecule has 0 heterocycles. The van der Waals surface area contributed by atoms with E-state index in [0.29, 0.717) is 17.9 Å². The maximum Gasteiger partial charge on any atom is 0.153 e. The van der Waals surface area contributed by atoms with Crippen LogP contribution in [-0.2, 0) is 6.61 Å². The zero-order valence-electron chi connectivity index (χ0n) is 11.5. The second-order valence-electron chi connectivity index (χ2n) is 4.65. The van der Waals surface area contributed by atoms with E-state index in [2.05, 4.69) is 15.9 Å². The van der Waals surface area contributed by atoms with E-state index in [9.17, 15) is 4.79 Å². The molecule has 2 rings (SSSR count). The van der Waals surface area contributed by atoms with Gasteiger partial charge in [0, 0.05) is 24.3 Å². The van der Waals surface area contributed by atoms with Crippen molar-refractivity contribution >= 4 is 27.9 Å². The van der Waals surface area contributed by atoms with Crippen LogP contribution in [0.25, 0.3) is 0 Å². The molecule has 20 heavy (non-hydrogen) atoms. The topological polar surface area (TPSA) is 29.5 Å². The number of anilines is 1. The zero-order chi connectivity index (χ0) is 14.5. The molecule has 0 bridgehead atoms. The van der Waals surface area contributed by atoms with Gasteiger partial charge in [-0.15, -0.1) is 0 Å². The van der Waals surface area contributed by atoms with Gasteiger partial charge in [-0.25, -0.2) is 0 Å². The Morgan fingerprint density at radius 1 is 1.15 bits per heavy atom. The molecule has 0 amide bonds. The summed E-state index contributed by atoms with van der Waals surface area (Å²) >= 11 is 3.38. The molecule has 0 aliphatic rings. The molecule has 0 unspecified atom stereocenters. The third-order valence-corrected chi connectivity index (χ3v) is 3.44. The second kappa shape index (κ2) is 6.57. The number of rotatable bonds is 5. The van der Waals surface area contributed by atoms with Crippen molar-refractivity contribution in [2.45, 2.75) is 6.61 Å². The minimum Gasteiger partial charge on any atom is -0.488 e. The molecule has 0 aromatic heterocycles. The van der Waals surface area contributed by atoms with Crippen LogP contribution in [-0.4, -0.2) is 20.4 Å². The Morgan fingerprint density at radius 2 is 1.85 bits per heavy atom. The van der Waals surface area contributed by atoms with Crippen LogP contribution in [0.3, 0.4) is 0 Å². The lowest BCUT2D eigenvalue weighted by atomic mass is 10.2. The van der Waals surface area contributed by atoms with Gasteiger partial charge in [-0.1, -0.05) is 28.1 Å². The number of nitrogens with zero attached hydrogens (tertiary/aromatic N) is 1. The molecular weight excluding hydrogens is 318 g/mol. The van der Waals surface area contributed by atoms with Gasteiger partial charge < -0.3 is 9.64 Å². The molecule has 0 saturated carbocycles. The number of aldehydes is 1. The summed E-state index contributed by atoms with van der Waals surface area (Å²) < 4.78 is 6.61. The van der Waals surface area contributed by atoms with Gasteiger partial charge in [0.15, 0.2) is 6.29 Å². The van der Waals surface area contributed by atoms with Crippen molar-refractivity contribution in [3.63, 3.8) is 0 Å². The first-order valence-electron chi connectivity index (χ1n) is 6.24. The average Bonchev–Trinajstić information content (AvgIpc) is 2.45. The number of benzene rings is 2. The van der Waals surface area contributed by atoms with Gasteiger partial charge in [0.2, 0.25) is 0 Å². The number of carbonyl (C=O) groups is 1. The monoisotopic (exact) mass is 333 g/mol. The normalized spacial score (nSPS) is 10.2. The highest BCUT2D eigenvalue weighted by Gasteiger charge is 2.04. The summed E-state index contributed by atoms with van der Waals surface area (Å²) in [4.78, 5) is 13.0. The van der Waals surface area contributed by atoms with Crippen molar-refractivity contribution in [3.05, 3.63) is 58.1 Å². The Morgan fingerprint density at radius 3 is 2.45 bits per heavy atom. The van der Waals surface area contributed by atoms with Crippen molar-refractivity contribution in [1.82, 2.24) is 0 Å². The molecule has 104 valence electrons. The van der Waals surface area contributed by atoms with Crippen LogP contribution in [0.15, 0.2) is 46.9 Å². The molecule has 0 radical (unpaired) electrons. The molecular formula is C16H16BrNO2. The van der Waals surface area contributed by atoms with Crippen molar-refractivity contribution < 1.29 is 9.53 Å². The smallest absolute Gasteiger partial charge is 0.153 e. The zero-order valence-corrected chi connectivity index (χ0v) is 13.1. The Labute approximate surface area is 127 Å². The van der Waals surface area contributed by atoms with Gasteiger partial charge in [0.05, 0.1) is 5.56 Å². The van der Waals surface area contributed by atoms with Crippen LogP contribution in [0.2, 0.25) is 0 Å². The Balaban J connectivity index is 2.08. The molecule has 2 aromatic carbocycles. The summed E-state index contributed by atoms with van der Waals surface area (Å²) in [5, 5.41) is 0. The van der Waals surface area contributed by atoms with E-state index >= 15 is 0 Å². The standard InChI is InChI=1S/C16H16BrNO2/c1-18(2)15-7-3-12(4-8-15)11-20-16-9-14(17)6-5-13(16)10-19/h3-10H,11H2,1-2H3. The number of halogens is 1. The van der Waals surface area contributed by atoms with Crippen LogP contribution >= 0.6 is 15.9 Å². The van der Waals surface area contributed by atoms with Gasteiger partial charge in [-0.2, -0.15) is 0 Å². The van der Waals surface area contributed by atoms with E-state index in [4.69, 9.17) is 4.74 Å². The molecule has 0 fully saturated rings. The average molecular weight is 334 g/mol. The maximum atomic E-state index is 11.0. The number of hydrogen-bond acceptors (Lipinski definition) is 3. The van der Waals surface area contributed by atoms with Gasteiger partial charge in [0.1, 0.15) is 12.4 Å². The van der Waals surface area contributed by atoms with E-state index in [1.807, 2.05) is 49.3 Å². The fraction of sp³-hybridized carbons (Fsp3) is 0.188. The number of carbonyl (C=O) groups excluding carboxylic acids is 1. The summed E-state index contributed by atoms with van der Waals surface area (Å²) in [6, 6.07) is 13.5. The first-order chi connectivity index (χ1) is 9.60. The Hall–Kier alpha value is -1.81. The van der Waals surface area contributed by atoms with E-state index in [0.717, 1.165) is 22.0 Å². The maximum absolute atomic E-state index is 11.0. The van der Waals surface area contributed by atoms with E-state index < -0.39 is 0 Å². The molecule has 0 N–H and O–H groups in total. The summed E-state index contributed by atoms with van der Waals surface area (Å²) in [5.41, 5.74) is 2.76. The Kier molecular flexibility index (Phi) is 4.79. The van der Waals surface area contributed by atoms with Crippen LogP contribution < -0.4 is 9.64 Å². The van der Waals surface area contributed by atoms with Crippen molar-refractivity contribution in [3.8, 4) is 5.75 Å². The SMILES string of the molecule is CN(C)c1ccc(COc2cc(Br)ccc2C=O)cc1. The first kappa shape index (κ1) is 14.6. The fourth-order valence-corrected chi connectivity index (χ4v) is 2.12. The van der Waals surface area contributed by atoms with Crippen molar-refractivity contribution in [2.75, 3.05) is 19.0 Å². The molecule has 2 aromatic rings. The molecule has 0 atom stereocenters. The molecule has 0 aliphatic heterocycles. The second-order valence-corrected chi connectivity index (χ2v) is 5.57. The van der Waals surface area contributed by atoms with Gasteiger partial charge in [0.25, 0.3) is 0 Å². The Bertz CT molecular complexity index is 594. The minimum absolute atomic E-state index is 0.436. The number of ether oxygens (including phenoxy) is 1. The molecule has 0 aliphatic carbocycles. The highest BCUT2D eigenvalue weighted by Crippen LogP contribution is 2.23. The molecule has 0 spiro atoms. The lowest BCUT2D eigenvalue weighted by Crippen LogP contribution is -2.08. The van der Waals surface area contributed by atoms with E-state index in [-0.39, 0.29) is 0 Å². The molecule has 3 nitrogen and oxygen atoms in total.